The first-order chi connectivity index (χ1) is 13.0. The van der Waals surface area contributed by atoms with E-state index < -0.39 is 11.5 Å². The Kier molecular flexibility index (Phi) is 5.30. The maximum absolute atomic E-state index is 10.3. The first-order valence-electron chi connectivity index (χ1n) is 8.62. The molecule has 3 rings (SSSR count). The fraction of sp³-hybridized carbons (Fsp3) is 0.333. The molecule has 1 aliphatic rings. The molecule has 144 valence electrons. The Balaban J connectivity index is 2.13. The van der Waals surface area contributed by atoms with Gasteiger partial charge in [0, 0.05) is 5.56 Å². The van der Waals surface area contributed by atoms with Crippen LogP contribution in [0, 0.1) is 0 Å². The summed E-state index contributed by atoms with van der Waals surface area (Å²) in [6, 6.07) is 8.76. The minimum atomic E-state index is -0.729. The lowest BCUT2D eigenvalue weighted by atomic mass is 9.76. The molecule has 2 aromatic rings. The standard InChI is InChI=1S/C21H24O6/c1-21(12-23)15-9-13(5-4-8-22)10-18(26-3)19(15)27-20(21)14-6-7-16(24)17(11-14)25-2/h4-7,9-11,20,22-24H,8,12H2,1-3H3/b5-4+/t20-,21-/m0/s1. The monoisotopic (exact) mass is 372 g/mol. The maximum atomic E-state index is 10.3. The van der Waals surface area contributed by atoms with Crippen LogP contribution in [0.4, 0.5) is 0 Å². The molecule has 0 aliphatic carbocycles. The molecule has 0 fully saturated rings. The molecule has 0 unspecified atom stereocenters. The van der Waals surface area contributed by atoms with Crippen molar-refractivity contribution < 1.29 is 29.5 Å². The lowest BCUT2D eigenvalue weighted by molar-refractivity contribution is 0.0982. The highest BCUT2D eigenvalue weighted by Crippen LogP contribution is 2.54. The zero-order chi connectivity index (χ0) is 19.6. The van der Waals surface area contributed by atoms with Gasteiger partial charge in [-0.25, -0.2) is 0 Å². The molecule has 1 heterocycles. The van der Waals surface area contributed by atoms with Gasteiger partial charge in [-0.05, 0) is 42.3 Å². The average Bonchev–Trinajstić information content (AvgIpc) is 2.99. The summed E-state index contributed by atoms with van der Waals surface area (Å²) in [7, 11) is 3.04. The highest BCUT2D eigenvalue weighted by atomic mass is 16.5. The highest BCUT2D eigenvalue weighted by molar-refractivity contribution is 5.63. The van der Waals surface area contributed by atoms with Crippen molar-refractivity contribution in [1.29, 1.82) is 0 Å². The number of methoxy groups -OCH3 is 2. The van der Waals surface area contributed by atoms with Crippen molar-refractivity contribution in [3.8, 4) is 23.0 Å². The number of hydrogen-bond acceptors (Lipinski definition) is 6. The number of aliphatic hydroxyl groups excluding tert-OH is 2. The van der Waals surface area contributed by atoms with E-state index in [1.807, 2.05) is 19.1 Å². The molecular formula is C21H24O6. The molecule has 6 heteroatoms. The molecule has 2 atom stereocenters. The van der Waals surface area contributed by atoms with Crippen LogP contribution in [0.25, 0.3) is 6.08 Å². The number of aromatic hydroxyl groups is 1. The third kappa shape index (κ3) is 3.22. The minimum absolute atomic E-state index is 0.0384. The summed E-state index contributed by atoms with van der Waals surface area (Å²) in [4.78, 5) is 0. The van der Waals surface area contributed by atoms with Crippen molar-refractivity contribution in [1.82, 2.24) is 0 Å². The lowest BCUT2D eigenvalue weighted by Crippen LogP contribution is -2.32. The van der Waals surface area contributed by atoms with Crippen molar-refractivity contribution in [2.75, 3.05) is 27.4 Å². The van der Waals surface area contributed by atoms with Crippen LogP contribution in [0.15, 0.2) is 36.4 Å². The molecule has 0 bridgehead atoms. The minimum Gasteiger partial charge on any atom is -0.504 e. The van der Waals surface area contributed by atoms with Crippen molar-refractivity contribution in [3.05, 3.63) is 53.1 Å². The smallest absolute Gasteiger partial charge is 0.166 e. The van der Waals surface area contributed by atoms with E-state index in [-0.39, 0.29) is 19.0 Å². The van der Waals surface area contributed by atoms with Gasteiger partial charge in [0.2, 0.25) is 0 Å². The summed E-state index contributed by atoms with van der Waals surface area (Å²) >= 11 is 0. The first-order valence-corrected chi connectivity index (χ1v) is 8.62. The second kappa shape index (κ2) is 7.50. The molecule has 0 radical (unpaired) electrons. The van der Waals surface area contributed by atoms with Crippen molar-refractivity contribution in [2.24, 2.45) is 0 Å². The van der Waals surface area contributed by atoms with E-state index >= 15 is 0 Å². The van der Waals surface area contributed by atoms with Gasteiger partial charge in [0.15, 0.2) is 23.0 Å². The number of ether oxygens (including phenoxy) is 3. The van der Waals surface area contributed by atoms with E-state index in [4.69, 9.17) is 19.3 Å². The predicted molar refractivity (Wildman–Crippen MR) is 102 cm³/mol. The van der Waals surface area contributed by atoms with Gasteiger partial charge in [0.05, 0.1) is 32.8 Å². The van der Waals surface area contributed by atoms with Crippen LogP contribution >= 0.6 is 0 Å². The summed E-state index contributed by atoms with van der Waals surface area (Å²) in [6.07, 6.45) is 2.94. The van der Waals surface area contributed by atoms with Crippen LogP contribution in [-0.4, -0.2) is 42.8 Å². The van der Waals surface area contributed by atoms with E-state index in [1.165, 1.54) is 7.11 Å². The summed E-state index contributed by atoms with van der Waals surface area (Å²) in [5, 5.41) is 29.2. The van der Waals surface area contributed by atoms with Crippen LogP contribution in [0.3, 0.4) is 0 Å². The van der Waals surface area contributed by atoms with Gasteiger partial charge in [-0.2, -0.15) is 0 Å². The number of benzene rings is 2. The lowest BCUT2D eigenvalue weighted by Gasteiger charge is -2.29. The normalized spacial score (nSPS) is 21.1. The van der Waals surface area contributed by atoms with Crippen LogP contribution in [0.1, 0.15) is 29.7 Å². The van der Waals surface area contributed by atoms with Gasteiger partial charge in [-0.1, -0.05) is 18.2 Å². The Morgan fingerprint density at radius 3 is 2.48 bits per heavy atom. The summed E-state index contributed by atoms with van der Waals surface area (Å²) in [5.74, 6) is 1.51. The number of phenolic OH excluding ortho intramolecular Hbond substituents is 1. The zero-order valence-electron chi connectivity index (χ0n) is 15.6. The van der Waals surface area contributed by atoms with Gasteiger partial charge in [0.25, 0.3) is 0 Å². The fourth-order valence-corrected chi connectivity index (χ4v) is 3.46. The molecule has 0 spiro atoms. The van der Waals surface area contributed by atoms with Gasteiger partial charge in [0.1, 0.15) is 6.10 Å². The topological polar surface area (TPSA) is 88.4 Å². The summed E-state index contributed by atoms with van der Waals surface area (Å²) in [6.45, 7) is 1.70. The Labute approximate surface area is 158 Å². The third-order valence-corrected chi connectivity index (χ3v) is 4.98. The van der Waals surface area contributed by atoms with E-state index in [1.54, 1.807) is 37.5 Å². The second-order valence-electron chi connectivity index (χ2n) is 6.69. The Morgan fingerprint density at radius 1 is 1.11 bits per heavy atom. The predicted octanol–water partition coefficient (Wildman–Crippen LogP) is 2.80. The summed E-state index contributed by atoms with van der Waals surface area (Å²) in [5.41, 5.74) is 1.70. The number of fused-ring (bicyclic) bond motifs is 1. The molecule has 0 saturated heterocycles. The third-order valence-electron chi connectivity index (χ3n) is 4.98. The van der Waals surface area contributed by atoms with Crippen LogP contribution < -0.4 is 14.2 Å². The second-order valence-corrected chi connectivity index (χ2v) is 6.69. The molecule has 0 aromatic heterocycles. The molecule has 1 aliphatic heterocycles. The van der Waals surface area contributed by atoms with Crippen molar-refractivity contribution >= 4 is 6.08 Å². The summed E-state index contributed by atoms with van der Waals surface area (Å²) < 4.78 is 16.9. The number of aliphatic hydroxyl groups is 2. The molecule has 27 heavy (non-hydrogen) atoms. The van der Waals surface area contributed by atoms with Crippen molar-refractivity contribution in [3.63, 3.8) is 0 Å². The van der Waals surface area contributed by atoms with Crippen LogP contribution in [0.2, 0.25) is 0 Å². The molecule has 0 amide bonds. The average molecular weight is 372 g/mol. The molecular weight excluding hydrogens is 348 g/mol. The van der Waals surface area contributed by atoms with E-state index in [9.17, 15) is 10.2 Å². The SMILES string of the molecule is COc1cc([C@@H]2Oc3c(OC)cc(/C=C/CO)cc3[C@]2(C)CO)ccc1O. The first kappa shape index (κ1) is 19.1. The quantitative estimate of drug-likeness (QED) is 0.723. The van der Waals surface area contributed by atoms with Crippen LogP contribution in [0.5, 0.6) is 23.0 Å². The van der Waals surface area contributed by atoms with Gasteiger partial charge in [-0.15, -0.1) is 0 Å². The molecule has 3 N–H and O–H groups in total. The van der Waals surface area contributed by atoms with Gasteiger partial charge in [-0.3, -0.25) is 0 Å². The Hall–Kier alpha value is -2.70. The number of phenols is 1. The Bertz CT molecular complexity index is 860. The van der Waals surface area contributed by atoms with E-state index in [0.29, 0.717) is 17.2 Å². The number of hydrogen-bond donors (Lipinski definition) is 3. The Morgan fingerprint density at radius 2 is 1.85 bits per heavy atom. The van der Waals surface area contributed by atoms with Crippen LogP contribution in [-0.2, 0) is 5.41 Å². The van der Waals surface area contributed by atoms with E-state index in [0.717, 1.165) is 16.7 Å². The molecule has 2 aromatic carbocycles. The zero-order valence-corrected chi connectivity index (χ0v) is 15.6. The molecule has 0 saturated carbocycles. The van der Waals surface area contributed by atoms with Gasteiger partial charge < -0.3 is 29.5 Å². The fourth-order valence-electron chi connectivity index (χ4n) is 3.46. The van der Waals surface area contributed by atoms with Crippen molar-refractivity contribution in [2.45, 2.75) is 18.4 Å². The number of rotatable bonds is 6. The maximum Gasteiger partial charge on any atom is 0.166 e. The highest BCUT2D eigenvalue weighted by Gasteiger charge is 2.47. The molecule has 6 nitrogen and oxygen atoms in total. The largest absolute Gasteiger partial charge is 0.504 e. The van der Waals surface area contributed by atoms with Gasteiger partial charge >= 0.3 is 0 Å². The van der Waals surface area contributed by atoms with E-state index in [2.05, 4.69) is 0 Å².